The predicted molar refractivity (Wildman–Crippen MR) is 55.5 cm³/mol. The van der Waals surface area contributed by atoms with E-state index in [4.69, 9.17) is 5.11 Å². The van der Waals surface area contributed by atoms with E-state index in [0.29, 0.717) is 0 Å². The van der Waals surface area contributed by atoms with Gasteiger partial charge in [-0.2, -0.15) is 0 Å². The minimum Gasteiger partial charge on any atom is -0.392 e. The molecule has 0 saturated heterocycles. The lowest BCUT2D eigenvalue weighted by Crippen LogP contribution is -2.07. The Labute approximate surface area is 74.1 Å². The average Bonchev–Trinajstić information content (AvgIpc) is 2.08. The molecule has 0 heterocycles. The minimum atomic E-state index is 0.105. The van der Waals surface area contributed by atoms with E-state index in [1.165, 1.54) is 16.6 Å². The van der Waals surface area contributed by atoms with Crippen LogP contribution in [0.1, 0.15) is 11.1 Å². The molecule has 0 saturated carbocycles. The average molecular weight is 160 g/mol. The van der Waals surface area contributed by atoms with Crippen LogP contribution >= 0.6 is 0 Å². The summed E-state index contributed by atoms with van der Waals surface area (Å²) in [5.41, 5.74) is 3.75. The van der Waals surface area contributed by atoms with Crippen LogP contribution < -0.4 is 5.46 Å². The van der Waals surface area contributed by atoms with E-state index in [1.54, 1.807) is 6.08 Å². The Balaban J connectivity index is 3.00. The molecule has 0 unspecified atom stereocenters. The maximum absolute atomic E-state index is 8.60. The van der Waals surface area contributed by atoms with Gasteiger partial charge in [0.25, 0.3) is 0 Å². The highest BCUT2D eigenvalue weighted by atomic mass is 16.2. The van der Waals surface area contributed by atoms with Crippen molar-refractivity contribution in [2.24, 2.45) is 0 Å². The number of rotatable bonds is 2. The summed E-state index contributed by atoms with van der Waals surface area (Å²) in [6.07, 6.45) is 3.70. The fourth-order valence-corrected chi connectivity index (χ4v) is 1.13. The summed E-state index contributed by atoms with van der Waals surface area (Å²) in [5, 5.41) is 8.60. The maximum Gasteiger partial charge on any atom is 0.139 e. The molecule has 0 aliphatic carbocycles. The number of aliphatic hydroxyl groups excluding tert-OH is 1. The van der Waals surface area contributed by atoms with Gasteiger partial charge in [-0.1, -0.05) is 41.4 Å². The van der Waals surface area contributed by atoms with Gasteiger partial charge in [0.05, 0.1) is 6.61 Å². The molecule has 0 bridgehead atoms. The molecule has 1 aromatic carbocycles. The van der Waals surface area contributed by atoms with Gasteiger partial charge in [0, 0.05) is 0 Å². The second-order valence-electron chi connectivity index (χ2n) is 2.87. The van der Waals surface area contributed by atoms with Gasteiger partial charge >= 0.3 is 0 Å². The Hall–Kier alpha value is -1.02. The Morgan fingerprint density at radius 1 is 1.50 bits per heavy atom. The third kappa shape index (κ3) is 1.99. The molecular weight excluding hydrogens is 147 g/mol. The molecule has 0 aliphatic heterocycles. The zero-order valence-electron chi connectivity index (χ0n) is 7.54. The number of hydrogen-bond acceptors (Lipinski definition) is 1. The smallest absolute Gasteiger partial charge is 0.139 e. The topological polar surface area (TPSA) is 20.2 Å². The SMILES string of the molecule is Bc1cccc(/C=C/CO)c1C. The van der Waals surface area contributed by atoms with Crippen LogP contribution in [0.3, 0.4) is 0 Å². The van der Waals surface area contributed by atoms with Crippen LogP contribution in [0.25, 0.3) is 6.08 Å². The van der Waals surface area contributed by atoms with Crippen molar-refractivity contribution >= 4 is 19.4 Å². The summed E-state index contributed by atoms with van der Waals surface area (Å²) >= 11 is 0. The van der Waals surface area contributed by atoms with Gasteiger partial charge in [0.1, 0.15) is 7.85 Å². The third-order valence-electron chi connectivity index (χ3n) is 2.05. The molecule has 0 amide bonds. The highest BCUT2D eigenvalue weighted by Crippen LogP contribution is 2.05. The molecule has 0 spiro atoms. The summed E-state index contributed by atoms with van der Waals surface area (Å²) in [6, 6.07) is 6.17. The van der Waals surface area contributed by atoms with E-state index in [2.05, 4.69) is 26.9 Å². The van der Waals surface area contributed by atoms with Crippen molar-refractivity contribution in [3.63, 3.8) is 0 Å². The van der Waals surface area contributed by atoms with Gasteiger partial charge in [0.15, 0.2) is 0 Å². The second kappa shape index (κ2) is 4.12. The standard InChI is InChI=1S/C10H13BO/c1-8-9(5-3-7-12)4-2-6-10(8)11/h2-6,12H,7,11H2,1H3/b5-3+. The summed E-state index contributed by atoms with van der Waals surface area (Å²) in [6.45, 7) is 2.19. The normalized spacial score (nSPS) is 10.8. The number of hydrogen-bond donors (Lipinski definition) is 1. The summed E-state index contributed by atoms with van der Waals surface area (Å²) in [7, 11) is 2.09. The Kier molecular flexibility index (Phi) is 3.12. The molecule has 2 heteroatoms. The molecule has 1 aromatic rings. The molecule has 0 radical (unpaired) electrons. The molecule has 62 valence electrons. The van der Waals surface area contributed by atoms with Gasteiger partial charge < -0.3 is 5.11 Å². The third-order valence-corrected chi connectivity index (χ3v) is 2.05. The van der Waals surface area contributed by atoms with E-state index >= 15 is 0 Å². The van der Waals surface area contributed by atoms with Gasteiger partial charge in [-0.25, -0.2) is 0 Å². The fourth-order valence-electron chi connectivity index (χ4n) is 1.13. The summed E-state index contributed by atoms with van der Waals surface area (Å²) in [4.78, 5) is 0. The molecule has 12 heavy (non-hydrogen) atoms. The number of aliphatic hydroxyl groups is 1. The number of benzene rings is 1. The van der Waals surface area contributed by atoms with Gasteiger partial charge in [0.2, 0.25) is 0 Å². The first-order valence-electron chi connectivity index (χ1n) is 4.09. The highest BCUT2D eigenvalue weighted by Gasteiger charge is 1.94. The van der Waals surface area contributed by atoms with Crippen molar-refractivity contribution in [1.82, 2.24) is 0 Å². The van der Waals surface area contributed by atoms with Crippen LogP contribution in [0.5, 0.6) is 0 Å². The zero-order valence-corrected chi connectivity index (χ0v) is 7.54. The minimum absolute atomic E-state index is 0.105. The van der Waals surface area contributed by atoms with Crippen LogP contribution in [0.4, 0.5) is 0 Å². The zero-order chi connectivity index (χ0) is 8.97. The molecule has 1 N–H and O–H groups in total. The van der Waals surface area contributed by atoms with Crippen LogP contribution in [0.2, 0.25) is 0 Å². The Morgan fingerprint density at radius 3 is 2.92 bits per heavy atom. The van der Waals surface area contributed by atoms with Crippen LogP contribution in [-0.4, -0.2) is 19.6 Å². The van der Waals surface area contributed by atoms with Crippen LogP contribution in [-0.2, 0) is 0 Å². The van der Waals surface area contributed by atoms with Gasteiger partial charge in [-0.3, -0.25) is 0 Å². The lowest BCUT2D eigenvalue weighted by molar-refractivity contribution is 0.343. The summed E-state index contributed by atoms with van der Waals surface area (Å²) < 4.78 is 0. The first kappa shape index (κ1) is 9.08. The Morgan fingerprint density at radius 2 is 2.25 bits per heavy atom. The van der Waals surface area contributed by atoms with E-state index in [1.807, 2.05) is 12.1 Å². The fraction of sp³-hybridized carbons (Fsp3) is 0.200. The van der Waals surface area contributed by atoms with E-state index in [9.17, 15) is 0 Å². The molecule has 1 nitrogen and oxygen atoms in total. The monoisotopic (exact) mass is 160 g/mol. The van der Waals surface area contributed by atoms with Crippen LogP contribution in [0.15, 0.2) is 24.3 Å². The first-order valence-corrected chi connectivity index (χ1v) is 4.09. The molecule has 0 aliphatic rings. The maximum atomic E-state index is 8.60. The molecule has 0 atom stereocenters. The van der Waals surface area contributed by atoms with Crippen molar-refractivity contribution in [3.8, 4) is 0 Å². The largest absolute Gasteiger partial charge is 0.392 e. The predicted octanol–water partition coefficient (Wildman–Crippen LogP) is 0.259. The van der Waals surface area contributed by atoms with E-state index in [0.717, 1.165) is 0 Å². The van der Waals surface area contributed by atoms with Crippen LogP contribution in [0, 0.1) is 6.92 Å². The lowest BCUT2D eigenvalue weighted by Gasteiger charge is -2.03. The van der Waals surface area contributed by atoms with Crippen molar-refractivity contribution in [2.75, 3.05) is 6.61 Å². The summed E-state index contributed by atoms with van der Waals surface area (Å²) in [5.74, 6) is 0. The highest BCUT2D eigenvalue weighted by molar-refractivity contribution is 6.33. The Bertz CT molecular complexity index is 292. The van der Waals surface area contributed by atoms with Gasteiger partial charge in [-0.05, 0) is 12.5 Å². The molecule has 0 aromatic heterocycles. The molecule has 0 fully saturated rings. The molecular formula is C10H13BO. The van der Waals surface area contributed by atoms with E-state index in [-0.39, 0.29) is 6.61 Å². The quantitative estimate of drug-likeness (QED) is 0.615. The first-order chi connectivity index (χ1) is 5.75. The lowest BCUT2D eigenvalue weighted by atomic mass is 9.88. The second-order valence-corrected chi connectivity index (χ2v) is 2.87. The van der Waals surface area contributed by atoms with Gasteiger partial charge in [-0.15, -0.1) is 0 Å². The molecule has 1 rings (SSSR count). The van der Waals surface area contributed by atoms with Crippen molar-refractivity contribution in [3.05, 3.63) is 35.4 Å². The van der Waals surface area contributed by atoms with Crippen molar-refractivity contribution < 1.29 is 5.11 Å². The van der Waals surface area contributed by atoms with E-state index < -0.39 is 0 Å². The van der Waals surface area contributed by atoms with Crippen molar-refractivity contribution in [2.45, 2.75) is 6.92 Å². The van der Waals surface area contributed by atoms with Crippen molar-refractivity contribution in [1.29, 1.82) is 0 Å².